The Bertz CT molecular complexity index is 1080. The van der Waals surface area contributed by atoms with Crippen molar-refractivity contribution in [1.29, 1.82) is 0 Å². The molecule has 5 rings (SSSR count). The van der Waals surface area contributed by atoms with Gasteiger partial charge in [-0.05, 0) is 54.7 Å². The van der Waals surface area contributed by atoms with Crippen LogP contribution in [0.1, 0.15) is 43.2 Å². The fraction of sp³-hybridized carbons (Fsp3) is 0.407. The maximum Gasteiger partial charge on any atom is 0.223 e. The van der Waals surface area contributed by atoms with Crippen molar-refractivity contribution in [3.05, 3.63) is 71.9 Å². The Hall–Kier alpha value is -2.92. The second-order valence-corrected chi connectivity index (χ2v) is 9.00. The van der Waals surface area contributed by atoms with E-state index >= 15 is 0 Å². The van der Waals surface area contributed by atoms with Crippen molar-refractivity contribution < 1.29 is 9.53 Å². The number of carbonyl (C=O) groups excluding carboxylic acids is 1. The van der Waals surface area contributed by atoms with Crippen LogP contribution in [0.5, 0.6) is 5.75 Å². The Morgan fingerprint density at radius 3 is 2.66 bits per heavy atom. The van der Waals surface area contributed by atoms with Crippen LogP contribution < -0.4 is 4.74 Å². The van der Waals surface area contributed by atoms with Gasteiger partial charge in [-0.3, -0.25) is 14.7 Å². The number of amides is 1. The van der Waals surface area contributed by atoms with E-state index in [1.807, 2.05) is 24.4 Å². The van der Waals surface area contributed by atoms with E-state index in [1.165, 1.54) is 10.9 Å². The highest BCUT2D eigenvalue weighted by atomic mass is 16.5. The molecule has 0 saturated carbocycles. The number of likely N-dealkylation sites (tertiary alicyclic amines) is 2. The maximum absolute atomic E-state index is 13.2. The van der Waals surface area contributed by atoms with Gasteiger partial charge in [-0.25, -0.2) is 0 Å². The summed E-state index contributed by atoms with van der Waals surface area (Å²) in [7, 11) is 1.68. The van der Waals surface area contributed by atoms with Crippen LogP contribution in [-0.4, -0.2) is 46.4 Å². The zero-order valence-corrected chi connectivity index (χ0v) is 18.7. The van der Waals surface area contributed by atoms with Crippen LogP contribution >= 0.6 is 0 Å². The van der Waals surface area contributed by atoms with Gasteiger partial charge in [0.25, 0.3) is 0 Å². The SMILES string of the molecule is COc1ccc(CN2C(=O)CCCC[C@@H]3[C@@H]2CCN3Cc2ccnc3ccccc23)cc1. The zero-order valence-electron chi connectivity index (χ0n) is 18.7. The van der Waals surface area contributed by atoms with Gasteiger partial charge in [0.1, 0.15) is 5.75 Å². The van der Waals surface area contributed by atoms with Crippen molar-refractivity contribution in [3.63, 3.8) is 0 Å². The van der Waals surface area contributed by atoms with Crippen molar-refractivity contribution in [1.82, 2.24) is 14.8 Å². The third-order valence-corrected chi connectivity index (χ3v) is 7.11. The number of methoxy groups -OCH3 is 1. The van der Waals surface area contributed by atoms with E-state index < -0.39 is 0 Å². The molecule has 3 heterocycles. The molecular weight excluding hydrogens is 398 g/mol. The number of aromatic nitrogens is 1. The van der Waals surface area contributed by atoms with Crippen LogP contribution in [0.25, 0.3) is 10.9 Å². The van der Waals surface area contributed by atoms with Crippen LogP contribution in [0.2, 0.25) is 0 Å². The summed E-state index contributed by atoms with van der Waals surface area (Å²) in [5.74, 6) is 1.15. The lowest BCUT2D eigenvalue weighted by molar-refractivity contribution is -0.135. The minimum Gasteiger partial charge on any atom is -0.497 e. The molecule has 1 aromatic heterocycles. The molecule has 0 radical (unpaired) electrons. The molecular formula is C27H31N3O2. The van der Waals surface area contributed by atoms with Gasteiger partial charge in [0.15, 0.2) is 0 Å². The van der Waals surface area contributed by atoms with Crippen molar-refractivity contribution >= 4 is 16.8 Å². The van der Waals surface area contributed by atoms with Gasteiger partial charge in [-0.15, -0.1) is 0 Å². The molecule has 5 heteroatoms. The van der Waals surface area contributed by atoms with Crippen molar-refractivity contribution in [3.8, 4) is 5.75 Å². The molecule has 1 amide bonds. The smallest absolute Gasteiger partial charge is 0.223 e. The lowest BCUT2D eigenvalue weighted by Crippen LogP contribution is -2.48. The number of ether oxygens (including phenoxy) is 1. The van der Waals surface area contributed by atoms with E-state index in [-0.39, 0.29) is 6.04 Å². The summed E-state index contributed by atoms with van der Waals surface area (Å²) in [6.45, 7) is 2.61. The fourth-order valence-electron chi connectivity index (χ4n) is 5.44. The van der Waals surface area contributed by atoms with Crippen molar-refractivity contribution in [2.45, 2.75) is 57.3 Å². The van der Waals surface area contributed by atoms with Gasteiger partial charge in [-0.1, -0.05) is 36.8 Å². The van der Waals surface area contributed by atoms with Crippen molar-refractivity contribution in [2.24, 2.45) is 0 Å². The second kappa shape index (κ2) is 9.29. The molecule has 2 saturated heterocycles. The molecule has 2 aromatic carbocycles. The predicted molar refractivity (Wildman–Crippen MR) is 126 cm³/mol. The Balaban J connectivity index is 1.38. The topological polar surface area (TPSA) is 45.7 Å². The minimum atomic E-state index is 0.276. The molecule has 3 aromatic rings. The minimum absolute atomic E-state index is 0.276. The van der Waals surface area contributed by atoms with Crippen LogP contribution in [0.15, 0.2) is 60.8 Å². The van der Waals surface area contributed by atoms with Crippen LogP contribution in [0.4, 0.5) is 0 Å². The number of para-hydroxylation sites is 1. The van der Waals surface area contributed by atoms with Gasteiger partial charge < -0.3 is 9.64 Å². The summed E-state index contributed by atoms with van der Waals surface area (Å²) < 4.78 is 5.30. The normalized spacial score (nSPS) is 21.9. The molecule has 166 valence electrons. The average Bonchev–Trinajstić information content (AvgIpc) is 3.21. The molecule has 0 N–H and O–H groups in total. The summed E-state index contributed by atoms with van der Waals surface area (Å²) in [5, 5.41) is 1.23. The lowest BCUT2D eigenvalue weighted by atomic mass is 9.96. The molecule has 0 bridgehead atoms. The third kappa shape index (κ3) is 4.22. The highest BCUT2D eigenvalue weighted by Crippen LogP contribution is 2.33. The summed E-state index contributed by atoms with van der Waals surface area (Å²) in [4.78, 5) is 22.4. The molecule has 0 unspecified atom stereocenters. The van der Waals surface area contributed by atoms with Crippen LogP contribution in [0.3, 0.4) is 0 Å². The monoisotopic (exact) mass is 429 g/mol. The number of hydrogen-bond acceptors (Lipinski definition) is 4. The maximum atomic E-state index is 13.2. The van der Waals surface area contributed by atoms with E-state index in [1.54, 1.807) is 7.11 Å². The van der Waals surface area contributed by atoms with Gasteiger partial charge in [0, 0.05) is 49.7 Å². The molecule has 5 nitrogen and oxygen atoms in total. The average molecular weight is 430 g/mol. The summed E-state index contributed by atoms with van der Waals surface area (Å²) >= 11 is 0. The Morgan fingerprint density at radius 1 is 0.969 bits per heavy atom. The number of hydrogen-bond donors (Lipinski definition) is 0. The quantitative estimate of drug-likeness (QED) is 0.585. The molecule has 0 spiro atoms. The molecule has 32 heavy (non-hydrogen) atoms. The molecule has 2 fully saturated rings. The van der Waals surface area contributed by atoms with Gasteiger partial charge >= 0.3 is 0 Å². The predicted octanol–water partition coefficient (Wildman–Crippen LogP) is 4.79. The molecule has 2 aliphatic heterocycles. The zero-order chi connectivity index (χ0) is 21.9. The van der Waals surface area contributed by atoms with E-state index in [0.717, 1.165) is 55.6 Å². The van der Waals surface area contributed by atoms with E-state index in [0.29, 0.717) is 24.9 Å². The summed E-state index contributed by atoms with van der Waals surface area (Å²) in [6, 6.07) is 19.3. The van der Waals surface area contributed by atoms with E-state index in [2.05, 4.69) is 51.2 Å². The number of fused-ring (bicyclic) bond motifs is 2. The first-order valence-electron chi connectivity index (χ1n) is 11.7. The number of pyridine rings is 1. The Morgan fingerprint density at radius 2 is 1.81 bits per heavy atom. The first-order chi connectivity index (χ1) is 15.7. The number of carbonyl (C=O) groups is 1. The van der Waals surface area contributed by atoms with Crippen molar-refractivity contribution in [2.75, 3.05) is 13.7 Å². The number of rotatable bonds is 5. The Labute approximate surface area is 190 Å². The first-order valence-corrected chi connectivity index (χ1v) is 11.7. The van der Waals surface area contributed by atoms with E-state index in [4.69, 9.17) is 4.74 Å². The van der Waals surface area contributed by atoms with Crippen LogP contribution in [0, 0.1) is 0 Å². The van der Waals surface area contributed by atoms with Crippen LogP contribution in [-0.2, 0) is 17.9 Å². The fourth-order valence-corrected chi connectivity index (χ4v) is 5.44. The van der Waals surface area contributed by atoms with Gasteiger partial charge in [-0.2, -0.15) is 0 Å². The summed E-state index contributed by atoms with van der Waals surface area (Å²) in [5.41, 5.74) is 3.54. The standard InChI is InChI=1S/C27H31N3O2/c1-32-22-12-10-20(11-13-22)18-30-26-15-17-29(25(26)8-4-5-9-27(30)31)19-21-14-16-28-24-7-3-2-6-23(21)24/h2-3,6-7,10-14,16,25-26H,4-5,8-9,15,17-19H2,1H3/t25-,26+/m1/s1. The molecule has 2 atom stereocenters. The third-order valence-electron chi connectivity index (χ3n) is 7.11. The highest BCUT2D eigenvalue weighted by molar-refractivity contribution is 5.81. The molecule has 2 aliphatic rings. The van der Waals surface area contributed by atoms with E-state index in [9.17, 15) is 4.79 Å². The number of benzene rings is 2. The second-order valence-electron chi connectivity index (χ2n) is 9.00. The highest BCUT2D eigenvalue weighted by Gasteiger charge is 2.40. The summed E-state index contributed by atoms with van der Waals surface area (Å²) in [6.07, 6.45) is 6.87. The first kappa shape index (κ1) is 21.0. The molecule has 0 aliphatic carbocycles. The van der Waals surface area contributed by atoms with Gasteiger partial charge in [0.2, 0.25) is 5.91 Å². The number of nitrogens with zero attached hydrogens (tertiary/aromatic N) is 3. The largest absolute Gasteiger partial charge is 0.497 e. The van der Waals surface area contributed by atoms with Gasteiger partial charge in [0.05, 0.1) is 12.6 Å². The lowest BCUT2D eigenvalue weighted by Gasteiger charge is -2.37. The Kier molecular flexibility index (Phi) is 6.08.